The SMILES string of the molecule is c1c2c(nn1C13CC4CC(CC(C4)C1)C3)CNCC2. The van der Waals surface area contributed by atoms with E-state index in [1.54, 1.807) is 0 Å². The van der Waals surface area contributed by atoms with Crippen molar-refractivity contribution in [1.82, 2.24) is 15.1 Å². The molecule has 1 aliphatic heterocycles. The van der Waals surface area contributed by atoms with E-state index < -0.39 is 0 Å². The van der Waals surface area contributed by atoms with Crippen LogP contribution in [0.3, 0.4) is 0 Å². The van der Waals surface area contributed by atoms with E-state index in [9.17, 15) is 0 Å². The third-order valence-electron chi connectivity index (χ3n) is 6.23. The van der Waals surface area contributed by atoms with Crippen molar-refractivity contribution in [2.45, 2.75) is 57.0 Å². The number of nitrogens with zero attached hydrogens (tertiary/aromatic N) is 2. The minimum absolute atomic E-state index is 0.409. The van der Waals surface area contributed by atoms with Crippen LogP contribution in [0, 0.1) is 17.8 Å². The Kier molecular flexibility index (Phi) is 2.08. The predicted octanol–water partition coefficient (Wildman–Crippen LogP) is 2.45. The minimum atomic E-state index is 0.409. The summed E-state index contributed by atoms with van der Waals surface area (Å²) in [5.41, 5.74) is 3.24. The Bertz CT molecular complexity index is 457. The first-order valence-corrected chi connectivity index (χ1v) is 8.09. The molecule has 4 bridgehead atoms. The highest BCUT2D eigenvalue weighted by molar-refractivity contribution is 5.21. The van der Waals surface area contributed by atoms with Crippen LogP contribution >= 0.6 is 0 Å². The van der Waals surface area contributed by atoms with Crippen molar-refractivity contribution >= 4 is 0 Å². The van der Waals surface area contributed by atoms with Gasteiger partial charge in [-0.1, -0.05) is 0 Å². The van der Waals surface area contributed by atoms with Crippen molar-refractivity contribution in [1.29, 1.82) is 0 Å². The summed E-state index contributed by atoms with van der Waals surface area (Å²) < 4.78 is 2.43. The van der Waals surface area contributed by atoms with Crippen LogP contribution in [0.2, 0.25) is 0 Å². The van der Waals surface area contributed by atoms with Crippen LogP contribution in [0.15, 0.2) is 6.20 Å². The summed E-state index contributed by atoms with van der Waals surface area (Å²) in [6.45, 7) is 2.11. The Labute approximate surface area is 114 Å². The Morgan fingerprint density at radius 1 is 1.11 bits per heavy atom. The molecule has 0 unspecified atom stereocenters. The summed E-state index contributed by atoms with van der Waals surface area (Å²) in [6.07, 6.45) is 12.4. The lowest BCUT2D eigenvalue weighted by Crippen LogP contribution is -2.52. The van der Waals surface area contributed by atoms with Gasteiger partial charge in [0.2, 0.25) is 0 Å². The molecule has 19 heavy (non-hydrogen) atoms. The normalized spacial score (nSPS) is 43.5. The zero-order valence-electron chi connectivity index (χ0n) is 11.6. The third-order valence-corrected chi connectivity index (χ3v) is 6.23. The van der Waals surface area contributed by atoms with Gasteiger partial charge in [0.15, 0.2) is 0 Å². The highest BCUT2D eigenvalue weighted by Gasteiger charge is 2.52. The summed E-state index contributed by atoms with van der Waals surface area (Å²) >= 11 is 0. The van der Waals surface area contributed by atoms with E-state index in [2.05, 4.69) is 16.2 Å². The molecule has 0 aromatic carbocycles. The van der Waals surface area contributed by atoms with Crippen molar-refractivity contribution in [2.24, 2.45) is 17.8 Å². The first kappa shape index (κ1) is 10.9. The molecule has 6 rings (SSSR count). The van der Waals surface area contributed by atoms with Gasteiger partial charge in [0.05, 0.1) is 11.2 Å². The molecule has 4 saturated carbocycles. The van der Waals surface area contributed by atoms with E-state index in [4.69, 9.17) is 5.10 Å². The Hall–Kier alpha value is -0.830. The molecular formula is C16H23N3. The number of nitrogens with one attached hydrogen (secondary N) is 1. The number of hydrogen-bond donors (Lipinski definition) is 1. The summed E-state index contributed by atoms with van der Waals surface area (Å²) in [5, 5.41) is 8.45. The van der Waals surface area contributed by atoms with Crippen molar-refractivity contribution in [3.63, 3.8) is 0 Å². The summed E-state index contributed by atoms with van der Waals surface area (Å²) in [7, 11) is 0. The van der Waals surface area contributed by atoms with Crippen LogP contribution in [0.25, 0.3) is 0 Å². The van der Waals surface area contributed by atoms with Crippen LogP contribution in [-0.4, -0.2) is 16.3 Å². The highest BCUT2D eigenvalue weighted by Crippen LogP contribution is 2.58. The molecular weight excluding hydrogens is 234 g/mol. The van der Waals surface area contributed by atoms with Crippen molar-refractivity contribution in [3.8, 4) is 0 Å². The summed E-state index contributed by atoms with van der Waals surface area (Å²) in [6, 6.07) is 0. The lowest BCUT2D eigenvalue weighted by Gasteiger charge is -2.56. The molecule has 5 aliphatic rings. The first-order valence-electron chi connectivity index (χ1n) is 8.09. The van der Waals surface area contributed by atoms with E-state index in [1.165, 1.54) is 56.2 Å². The topological polar surface area (TPSA) is 29.9 Å². The van der Waals surface area contributed by atoms with E-state index in [1.807, 2.05) is 0 Å². The Balaban J connectivity index is 1.56. The van der Waals surface area contributed by atoms with Gasteiger partial charge < -0.3 is 5.32 Å². The number of fused-ring (bicyclic) bond motifs is 1. The van der Waals surface area contributed by atoms with Crippen LogP contribution < -0.4 is 5.32 Å². The molecule has 3 nitrogen and oxygen atoms in total. The fraction of sp³-hybridized carbons (Fsp3) is 0.812. The second-order valence-corrected chi connectivity index (χ2v) is 7.61. The molecule has 1 aromatic rings. The van der Waals surface area contributed by atoms with Crippen molar-refractivity contribution < 1.29 is 0 Å². The predicted molar refractivity (Wildman–Crippen MR) is 73.8 cm³/mol. The first-order chi connectivity index (χ1) is 9.31. The number of hydrogen-bond acceptors (Lipinski definition) is 2. The third kappa shape index (κ3) is 1.51. The summed E-state index contributed by atoms with van der Waals surface area (Å²) in [4.78, 5) is 0. The zero-order chi connectivity index (χ0) is 12.4. The second-order valence-electron chi connectivity index (χ2n) is 7.61. The van der Waals surface area contributed by atoms with Gasteiger partial charge >= 0.3 is 0 Å². The molecule has 1 N–H and O–H groups in total. The molecule has 102 valence electrons. The van der Waals surface area contributed by atoms with E-state index >= 15 is 0 Å². The number of rotatable bonds is 1. The largest absolute Gasteiger partial charge is 0.311 e. The van der Waals surface area contributed by atoms with E-state index in [0.717, 1.165) is 30.8 Å². The van der Waals surface area contributed by atoms with E-state index in [0.29, 0.717) is 5.54 Å². The molecule has 0 atom stereocenters. The molecule has 2 heterocycles. The maximum Gasteiger partial charge on any atom is 0.0795 e. The van der Waals surface area contributed by atoms with Gasteiger partial charge in [-0.05, 0) is 74.8 Å². The maximum absolute atomic E-state index is 4.99. The monoisotopic (exact) mass is 257 g/mol. The van der Waals surface area contributed by atoms with Crippen molar-refractivity contribution in [2.75, 3.05) is 6.54 Å². The lowest BCUT2D eigenvalue weighted by atomic mass is 9.53. The number of aromatic nitrogens is 2. The average molecular weight is 257 g/mol. The van der Waals surface area contributed by atoms with E-state index in [-0.39, 0.29) is 0 Å². The Morgan fingerprint density at radius 3 is 2.42 bits per heavy atom. The highest BCUT2D eigenvalue weighted by atomic mass is 15.3. The van der Waals surface area contributed by atoms with Crippen LogP contribution in [-0.2, 0) is 18.5 Å². The van der Waals surface area contributed by atoms with Crippen molar-refractivity contribution in [3.05, 3.63) is 17.5 Å². The second kappa shape index (κ2) is 3.63. The van der Waals surface area contributed by atoms with Gasteiger partial charge in [0.25, 0.3) is 0 Å². The molecule has 4 fully saturated rings. The van der Waals surface area contributed by atoms with Gasteiger partial charge in [0, 0.05) is 12.7 Å². The lowest BCUT2D eigenvalue weighted by molar-refractivity contribution is -0.0495. The molecule has 1 aromatic heterocycles. The van der Waals surface area contributed by atoms with Gasteiger partial charge in [-0.3, -0.25) is 4.68 Å². The quantitative estimate of drug-likeness (QED) is 0.837. The van der Waals surface area contributed by atoms with Gasteiger partial charge in [-0.2, -0.15) is 5.10 Å². The summed E-state index contributed by atoms with van der Waals surface area (Å²) in [5.74, 6) is 3.02. The Morgan fingerprint density at radius 2 is 1.79 bits per heavy atom. The molecule has 4 aliphatic carbocycles. The molecule has 3 heteroatoms. The zero-order valence-corrected chi connectivity index (χ0v) is 11.6. The smallest absolute Gasteiger partial charge is 0.0795 e. The van der Waals surface area contributed by atoms with Gasteiger partial charge in [0.1, 0.15) is 0 Å². The standard InChI is InChI=1S/C16H23N3/c1-2-17-9-15-14(1)10-19(18-15)16-6-11-3-12(7-16)5-13(4-11)8-16/h10-13,17H,1-9H2. The van der Waals surface area contributed by atoms with Gasteiger partial charge in [-0.25, -0.2) is 0 Å². The fourth-order valence-electron chi connectivity index (χ4n) is 5.82. The molecule has 0 amide bonds. The maximum atomic E-state index is 4.99. The minimum Gasteiger partial charge on any atom is -0.311 e. The molecule has 0 spiro atoms. The molecule has 0 saturated heterocycles. The molecule has 0 radical (unpaired) electrons. The van der Waals surface area contributed by atoms with Crippen LogP contribution in [0.5, 0.6) is 0 Å². The average Bonchev–Trinajstić information content (AvgIpc) is 2.81. The fourth-order valence-corrected chi connectivity index (χ4v) is 5.82. The van der Waals surface area contributed by atoms with Crippen LogP contribution in [0.4, 0.5) is 0 Å². The van der Waals surface area contributed by atoms with Gasteiger partial charge in [-0.15, -0.1) is 0 Å². The van der Waals surface area contributed by atoms with Crippen LogP contribution in [0.1, 0.15) is 49.8 Å².